The molecule has 4 nitrogen and oxygen atoms in total. The topological polar surface area (TPSA) is 50.1 Å². The zero-order chi connectivity index (χ0) is 11.5. The smallest absolute Gasteiger partial charge is 0.0904 e. The predicted molar refractivity (Wildman–Crippen MR) is 66.0 cm³/mol. The van der Waals surface area contributed by atoms with Gasteiger partial charge in [-0.3, -0.25) is 4.68 Å². The zero-order valence-electron chi connectivity index (χ0n) is 9.49. The second-order valence-corrected chi connectivity index (χ2v) is 5.38. The highest BCUT2D eigenvalue weighted by Crippen LogP contribution is 2.30. The minimum atomic E-state index is 0.323. The van der Waals surface area contributed by atoms with Gasteiger partial charge < -0.3 is 10.4 Å². The lowest BCUT2D eigenvalue weighted by atomic mass is 9.78. The Hall–Kier alpha value is -0.390. The molecule has 0 saturated heterocycles. The fraction of sp³-hybridized carbons (Fsp3) is 0.727. The van der Waals surface area contributed by atoms with Crippen LogP contribution in [0.3, 0.4) is 0 Å². The molecule has 0 radical (unpaired) electrons. The van der Waals surface area contributed by atoms with Crippen molar-refractivity contribution in [3.8, 4) is 0 Å². The molecule has 0 spiro atoms. The first-order valence-corrected chi connectivity index (χ1v) is 6.50. The molecule has 1 aromatic heterocycles. The summed E-state index contributed by atoms with van der Waals surface area (Å²) in [4.78, 5) is 0. The van der Waals surface area contributed by atoms with Gasteiger partial charge in [-0.1, -0.05) is 0 Å². The van der Waals surface area contributed by atoms with E-state index in [2.05, 4.69) is 26.3 Å². The average molecular weight is 288 g/mol. The van der Waals surface area contributed by atoms with Crippen LogP contribution in [0.15, 0.2) is 10.7 Å². The van der Waals surface area contributed by atoms with E-state index in [0.717, 1.165) is 29.1 Å². The van der Waals surface area contributed by atoms with Gasteiger partial charge in [0.05, 0.1) is 10.2 Å². The van der Waals surface area contributed by atoms with Crippen LogP contribution in [-0.2, 0) is 13.6 Å². The summed E-state index contributed by atoms with van der Waals surface area (Å²) in [5.41, 5.74) is 1.06. The van der Waals surface area contributed by atoms with Gasteiger partial charge in [-0.05, 0) is 41.1 Å². The number of aliphatic hydroxyl groups is 1. The molecule has 1 fully saturated rings. The molecule has 2 rings (SSSR count). The number of nitrogens with zero attached hydrogens (tertiary/aromatic N) is 2. The first kappa shape index (κ1) is 12.1. The van der Waals surface area contributed by atoms with E-state index in [4.69, 9.17) is 5.11 Å². The van der Waals surface area contributed by atoms with Gasteiger partial charge in [0.1, 0.15) is 0 Å². The van der Waals surface area contributed by atoms with Crippen molar-refractivity contribution in [1.82, 2.24) is 15.1 Å². The molecule has 5 heteroatoms. The van der Waals surface area contributed by atoms with Gasteiger partial charge in [0.15, 0.2) is 0 Å². The Morgan fingerprint density at radius 2 is 2.38 bits per heavy atom. The summed E-state index contributed by atoms with van der Waals surface area (Å²) in [7, 11) is 1.93. The van der Waals surface area contributed by atoms with Crippen molar-refractivity contribution < 1.29 is 5.11 Å². The highest BCUT2D eigenvalue weighted by atomic mass is 79.9. The molecule has 1 aliphatic rings. The molecule has 0 aliphatic heterocycles. The third-order valence-corrected chi connectivity index (χ3v) is 3.85. The van der Waals surface area contributed by atoms with Gasteiger partial charge in [-0.2, -0.15) is 5.10 Å². The third-order valence-electron chi connectivity index (χ3n) is 3.19. The van der Waals surface area contributed by atoms with Crippen LogP contribution in [0.5, 0.6) is 0 Å². The minimum absolute atomic E-state index is 0.323. The van der Waals surface area contributed by atoms with Crippen molar-refractivity contribution in [1.29, 1.82) is 0 Å². The summed E-state index contributed by atoms with van der Waals surface area (Å²) < 4.78 is 2.88. The van der Waals surface area contributed by atoms with Crippen LogP contribution in [0.4, 0.5) is 0 Å². The van der Waals surface area contributed by atoms with E-state index in [1.807, 2.05) is 17.9 Å². The molecular weight excluding hydrogens is 270 g/mol. The minimum Gasteiger partial charge on any atom is -0.396 e. The van der Waals surface area contributed by atoms with Crippen molar-refractivity contribution in [3.63, 3.8) is 0 Å². The molecule has 2 N–H and O–H groups in total. The third kappa shape index (κ3) is 2.84. The molecule has 1 heterocycles. The van der Waals surface area contributed by atoms with E-state index in [1.165, 1.54) is 12.8 Å². The summed E-state index contributed by atoms with van der Waals surface area (Å²) in [6.45, 7) is 1.14. The fourth-order valence-electron chi connectivity index (χ4n) is 2.19. The van der Waals surface area contributed by atoms with Crippen LogP contribution in [0.1, 0.15) is 25.0 Å². The standard InChI is InChI=1S/C11H18BrN3O/c1-15-7-10(12)11(14-15)6-13-9-4-8(5-9)2-3-16/h7-9,13,16H,2-6H2,1H3. The van der Waals surface area contributed by atoms with Gasteiger partial charge in [-0.15, -0.1) is 0 Å². The number of aliphatic hydroxyl groups excluding tert-OH is 1. The fourth-order valence-corrected chi connectivity index (χ4v) is 2.70. The molecule has 0 amide bonds. The van der Waals surface area contributed by atoms with Crippen LogP contribution in [0, 0.1) is 5.92 Å². The van der Waals surface area contributed by atoms with Crippen LogP contribution >= 0.6 is 15.9 Å². The Kier molecular flexibility index (Phi) is 4.00. The van der Waals surface area contributed by atoms with Gasteiger partial charge in [0.2, 0.25) is 0 Å². The van der Waals surface area contributed by atoms with Gasteiger partial charge in [-0.25, -0.2) is 0 Å². The number of hydrogen-bond acceptors (Lipinski definition) is 3. The first-order chi connectivity index (χ1) is 7.69. The molecule has 0 aromatic carbocycles. The summed E-state index contributed by atoms with van der Waals surface area (Å²) in [6.07, 6.45) is 5.29. The van der Waals surface area contributed by atoms with Crippen LogP contribution in [0.2, 0.25) is 0 Å². The Morgan fingerprint density at radius 3 is 2.94 bits per heavy atom. The molecule has 16 heavy (non-hydrogen) atoms. The average Bonchev–Trinajstić information content (AvgIpc) is 2.49. The molecule has 0 bridgehead atoms. The number of hydrogen-bond donors (Lipinski definition) is 2. The lowest BCUT2D eigenvalue weighted by molar-refractivity contribution is 0.166. The molecule has 1 aromatic rings. The van der Waals surface area contributed by atoms with Crippen LogP contribution in [0.25, 0.3) is 0 Å². The Bertz CT molecular complexity index is 347. The number of halogens is 1. The van der Waals surface area contributed by atoms with Crippen LogP contribution < -0.4 is 5.32 Å². The Morgan fingerprint density at radius 1 is 1.62 bits per heavy atom. The summed E-state index contributed by atoms with van der Waals surface area (Å²) in [6, 6.07) is 0.602. The maximum absolute atomic E-state index is 8.80. The Labute approximate surface area is 104 Å². The summed E-state index contributed by atoms with van der Waals surface area (Å²) in [5.74, 6) is 0.717. The Balaban J connectivity index is 1.71. The quantitative estimate of drug-likeness (QED) is 0.862. The largest absolute Gasteiger partial charge is 0.396 e. The molecular formula is C11H18BrN3O. The maximum Gasteiger partial charge on any atom is 0.0904 e. The van der Waals surface area contributed by atoms with Crippen molar-refractivity contribution in [2.45, 2.75) is 31.8 Å². The highest BCUT2D eigenvalue weighted by molar-refractivity contribution is 9.10. The van der Waals surface area contributed by atoms with E-state index in [1.54, 1.807) is 0 Å². The van der Waals surface area contributed by atoms with Crippen molar-refractivity contribution in [2.24, 2.45) is 13.0 Å². The van der Waals surface area contributed by atoms with Gasteiger partial charge in [0, 0.05) is 32.4 Å². The van der Waals surface area contributed by atoms with Crippen molar-refractivity contribution >= 4 is 15.9 Å². The maximum atomic E-state index is 8.80. The van der Waals surface area contributed by atoms with Gasteiger partial charge >= 0.3 is 0 Å². The lowest BCUT2D eigenvalue weighted by Crippen LogP contribution is -2.41. The zero-order valence-corrected chi connectivity index (χ0v) is 11.1. The van der Waals surface area contributed by atoms with Crippen molar-refractivity contribution in [3.05, 3.63) is 16.4 Å². The monoisotopic (exact) mass is 287 g/mol. The molecule has 1 saturated carbocycles. The van der Waals surface area contributed by atoms with Gasteiger partial charge in [0.25, 0.3) is 0 Å². The van der Waals surface area contributed by atoms with Crippen LogP contribution in [-0.4, -0.2) is 27.5 Å². The van der Waals surface area contributed by atoms with E-state index in [0.29, 0.717) is 12.6 Å². The lowest BCUT2D eigenvalue weighted by Gasteiger charge is -2.35. The first-order valence-electron chi connectivity index (χ1n) is 5.71. The number of nitrogens with one attached hydrogen (secondary N) is 1. The highest BCUT2D eigenvalue weighted by Gasteiger charge is 2.28. The number of aromatic nitrogens is 2. The van der Waals surface area contributed by atoms with Crippen molar-refractivity contribution in [2.75, 3.05) is 6.61 Å². The predicted octanol–water partition coefficient (Wildman–Crippen LogP) is 1.43. The summed E-state index contributed by atoms with van der Waals surface area (Å²) >= 11 is 3.49. The van der Waals surface area contributed by atoms with E-state index >= 15 is 0 Å². The normalized spacial score (nSPS) is 24.4. The second kappa shape index (κ2) is 5.29. The number of aryl methyl sites for hydroxylation is 1. The second-order valence-electron chi connectivity index (χ2n) is 4.52. The molecule has 0 unspecified atom stereocenters. The molecule has 0 atom stereocenters. The SMILES string of the molecule is Cn1cc(Br)c(CNC2CC(CCO)C2)n1. The number of rotatable bonds is 5. The van der Waals surface area contributed by atoms with E-state index < -0.39 is 0 Å². The molecule has 90 valence electrons. The molecule has 1 aliphatic carbocycles. The summed E-state index contributed by atoms with van der Waals surface area (Å²) in [5, 5.41) is 16.6. The van der Waals surface area contributed by atoms with E-state index in [9.17, 15) is 0 Å². The van der Waals surface area contributed by atoms with E-state index in [-0.39, 0.29) is 0 Å².